The molecule has 1 unspecified atom stereocenters. The summed E-state index contributed by atoms with van der Waals surface area (Å²) in [6.07, 6.45) is 0. The fourth-order valence-corrected chi connectivity index (χ4v) is 5.29. The molecular formula is C26H16Cl5F4N3O3. The van der Waals surface area contributed by atoms with Gasteiger partial charge in [0.05, 0.1) is 32.2 Å². The minimum atomic E-state index is -3.93. The number of carbonyl (C=O) groups is 3. The molecule has 0 bridgehead atoms. The molecule has 1 aliphatic rings. The van der Waals surface area contributed by atoms with Crippen molar-refractivity contribution in [1.82, 2.24) is 0 Å². The highest BCUT2D eigenvalue weighted by Crippen LogP contribution is 2.65. The maximum atomic E-state index is 14.9. The predicted octanol–water partition coefficient (Wildman–Crippen LogP) is 8.30. The van der Waals surface area contributed by atoms with E-state index in [1.807, 2.05) is 0 Å². The summed E-state index contributed by atoms with van der Waals surface area (Å²) in [6.45, 7) is 0.245. The third-order valence-corrected chi connectivity index (χ3v) is 8.10. The summed E-state index contributed by atoms with van der Waals surface area (Å²) in [5.74, 6) is -11.8. The number of nitrogens with one attached hydrogen (secondary N) is 3. The molecule has 6 nitrogen and oxygen atoms in total. The van der Waals surface area contributed by atoms with Crippen LogP contribution in [0.1, 0.15) is 28.8 Å². The molecule has 1 aliphatic carbocycles. The van der Waals surface area contributed by atoms with Crippen LogP contribution >= 0.6 is 58.0 Å². The van der Waals surface area contributed by atoms with Gasteiger partial charge < -0.3 is 16.0 Å². The van der Waals surface area contributed by atoms with E-state index in [4.69, 9.17) is 58.0 Å². The second-order valence-electron chi connectivity index (χ2n) is 9.07. The van der Waals surface area contributed by atoms with Crippen LogP contribution in [0.25, 0.3) is 0 Å². The third kappa shape index (κ3) is 6.52. The van der Waals surface area contributed by atoms with Crippen LogP contribution in [0.3, 0.4) is 0 Å². The molecule has 4 rings (SSSR count). The minimum absolute atomic E-state index is 0.103. The topological polar surface area (TPSA) is 87.3 Å². The SMILES string of the molecule is CC(F)(F)C(=O)Nc1c(F)ccc(NC(=O)c2cc(NC(=O)C3[C@H](c4ccc(Cl)c(Cl)c4)C3(Cl)Cl)ccc2Cl)c1F. The molecule has 0 aromatic heterocycles. The largest absolute Gasteiger partial charge is 0.326 e. The molecule has 41 heavy (non-hydrogen) atoms. The van der Waals surface area contributed by atoms with Crippen LogP contribution in [0.15, 0.2) is 48.5 Å². The third-order valence-electron chi connectivity index (χ3n) is 6.09. The minimum Gasteiger partial charge on any atom is -0.326 e. The molecule has 15 heteroatoms. The van der Waals surface area contributed by atoms with Crippen LogP contribution in [0.2, 0.25) is 15.1 Å². The Morgan fingerprint density at radius 3 is 2.15 bits per heavy atom. The van der Waals surface area contributed by atoms with Gasteiger partial charge in [-0.15, -0.1) is 23.2 Å². The lowest BCUT2D eigenvalue weighted by molar-refractivity contribution is -0.137. The molecule has 0 aliphatic heterocycles. The number of carbonyl (C=O) groups excluding carboxylic acids is 3. The molecule has 3 aromatic rings. The molecule has 0 saturated heterocycles. The summed E-state index contributed by atoms with van der Waals surface area (Å²) in [6, 6.07) is 10.0. The van der Waals surface area contributed by atoms with Gasteiger partial charge >= 0.3 is 5.92 Å². The highest BCUT2D eigenvalue weighted by Gasteiger charge is 2.67. The van der Waals surface area contributed by atoms with Gasteiger partial charge in [-0.05, 0) is 48.0 Å². The van der Waals surface area contributed by atoms with Crippen molar-refractivity contribution in [3.63, 3.8) is 0 Å². The second-order valence-corrected chi connectivity index (χ2v) is 11.7. The Balaban J connectivity index is 1.52. The van der Waals surface area contributed by atoms with Gasteiger partial charge in [-0.3, -0.25) is 14.4 Å². The molecule has 216 valence electrons. The molecule has 3 amide bonds. The summed E-state index contributed by atoms with van der Waals surface area (Å²) in [5.41, 5.74) is -1.38. The van der Waals surface area contributed by atoms with E-state index >= 15 is 0 Å². The van der Waals surface area contributed by atoms with E-state index in [0.717, 1.165) is 6.07 Å². The Bertz CT molecular complexity index is 1580. The maximum Gasteiger partial charge on any atom is 0.322 e. The lowest BCUT2D eigenvalue weighted by Crippen LogP contribution is -2.32. The lowest BCUT2D eigenvalue weighted by atomic mass is 10.1. The Morgan fingerprint density at radius 1 is 0.854 bits per heavy atom. The Hall–Kier alpha value is -2.76. The number of alkyl halides is 4. The molecule has 1 fully saturated rings. The Morgan fingerprint density at radius 2 is 1.51 bits per heavy atom. The summed E-state index contributed by atoms with van der Waals surface area (Å²) >= 11 is 30.9. The van der Waals surface area contributed by atoms with Crippen molar-refractivity contribution >= 4 is 92.8 Å². The van der Waals surface area contributed by atoms with Gasteiger partial charge in [0.25, 0.3) is 11.8 Å². The fourth-order valence-electron chi connectivity index (χ4n) is 3.95. The number of amides is 3. The van der Waals surface area contributed by atoms with E-state index in [-0.39, 0.29) is 28.2 Å². The van der Waals surface area contributed by atoms with Crippen LogP contribution in [-0.4, -0.2) is 28.0 Å². The molecule has 0 radical (unpaired) electrons. The monoisotopic (exact) mass is 669 g/mol. The summed E-state index contributed by atoms with van der Waals surface area (Å²) in [7, 11) is 0. The van der Waals surface area contributed by atoms with E-state index in [1.54, 1.807) is 18.2 Å². The summed E-state index contributed by atoms with van der Waals surface area (Å²) < 4.78 is 53.9. The summed E-state index contributed by atoms with van der Waals surface area (Å²) in [5, 5.41) is 6.63. The van der Waals surface area contributed by atoms with Crippen molar-refractivity contribution in [3.05, 3.63) is 86.4 Å². The summed E-state index contributed by atoms with van der Waals surface area (Å²) in [4.78, 5) is 37.4. The number of anilines is 3. The first-order chi connectivity index (χ1) is 19.0. The van der Waals surface area contributed by atoms with Crippen LogP contribution in [0.5, 0.6) is 0 Å². The van der Waals surface area contributed by atoms with Gasteiger partial charge in [-0.1, -0.05) is 40.9 Å². The zero-order chi connectivity index (χ0) is 30.4. The van der Waals surface area contributed by atoms with Gasteiger partial charge in [-0.25, -0.2) is 8.78 Å². The van der Waals surface area contributed by atoms with E-state index in [0.29, 0.717) is 16.7 Å². The zero-order valence-corrected chi connectivity index (χ0v) is 24.2. The lowest BCUT2D eigenvalue weighted by Gasteiger charge is -2.15. The van der Waals surface area contributed by atoms with Crippen molar-refractivity contribution < 1.29 is 31.9 Å². The van der Waals surface area contributed by atoms with Crippen molar-refractivity contribution in [1.29, 1.82) is 0 Å². The molecule has 2 atom stereocenters. The first kappa shape index (κ1) is 31.2. The van der Waals surface area contributed by atoms with Gasteiger partial charge in [0.1, 0.15) is 15.8 Å². The average Bonchev–Trinajstić information content (AvgIpc) is 3.47. The van der Waals surface area contributed by atoms with Crippen LogP contribution in [0.4, 0.5) is 34.6 Å². The Labute approximate surface area is 255 Å². The molecular weight excluding hydrogens is 656 g/mol. The van der Waals surface area contributed by atoms with Gasteiger partial charge in [0, 0.05) is 18.5 Å². The highest BCUT2D eigenvalue weighted by molar-refractivity contribution is 6.53. The number of rotatable bonds is 7. The van der Waals surface area contributed by atoms with E-state index in [2.05, 4.69) is 10.6 Å². The first-order valence-electron chi connectivity index (χ1n) is 11.4. The normalized spacial score (nSPS) is 17.5. The zero-order valence-electron chi connectivity index (χ0n) is 20.4. The van der Waals surface area contributed by atoms with Gasteiger partial charge in [0.2, 0.25) is 5.91 Å². The van der Waals surface area contributed by atoms with Crippen molar-refractivity contribution in [3.8, 4) is 0 Å². The van der Waals surface area contributed by atoms with Crippen LogP contribution < -0.4 is 16.0 Å². The molecule has 3 N–H and O–H groups in total. The van der Waals surface area contributed by atoms with Crippen molar-refractivity contribution in [2.75, 3.05) is 16.0 Å². The highest BCUT2D eigenvalue weighted by atomic mass is 35.5. The number of hydrogen-bond donors (Lipinski definition) is 3. The number of halogens is 9. The first-order valence-corrected chi connectivity index (χ1v) is 13.3. The molecule has 0 heterocycles. The molecule has 1 saturated carbocycles. The maximum absolute atomic E-state index is 14.9. The fraction of sp³-hybridized carbons (Fsp3) is 0.192. The quantitative estimate of drug-likeness (QED) is 0.175. The van der Waals surface area contributed by atoms with Crippen LogP contribution in [0, 0.1) is 17.6 Å². The van der Waals surface area contributed by atoms with Crippen LogP contribution in [-0.2, 0) is 9.59 Å². The number of benzene rings is 3. The Kier molecular flexibility index (Phi) is 8.74. The molecule has 3 aromatic carbocycles. The van der Waals surface area contributed by atoms with E-state index in [9.17, 15) is 31.9 Å². The van der Waals surface area contributed by atoms with Gasteiger partial charge in [-0.2, -0.15) is 8.78 Å². The number of hydrogen-bond acceptors (Lipinski definition) is 3. The average molecular weight is 672 g/mol. The second kappa shape index (κ2) is 11.5. The predicted molar refractivity (Wildman–Crippen MR) is 151 cm³/mol. The van der Waals surface area contributed by atoms with E-state index < -0.39 is 62.8 Å². The molecule has 0 spiro atoms. The van der Waals surface area contributed by atoms with Gasteiger partial charge in [0.15, 0.2) is 5.82 Å². The van der Waals surface area contributed by atoms with E-state index in [1.165, 1.54) is 23.5 Å². The smallest absolute Gasteiger partial charge is 0.322 e. The van der Waals surface area contributed by atoms with Crippen molar-refractivity contribution in [2.24, 2.45) is 5.92 Å². The van der Waals surface area contributed by atoms with Crippen molar-refractivity contribution in [2.45, 2.75) is 23.1 Å². The standard InChI is InChI=1S/C26H16Cl5F4N3O3/c1-25(34,35)24(41)38-21-16(32)6-7-17(20(21)33)37-22(39)12-9-11(3-5-13(12)27)36-23(40)19-18(26(19,30)31)10-2-4-14(28)15(29)8-10/h2-9,18-19H,1H3,(H,36,40)(H,37,39)(H,38,41)/t18-,19?/m0/s1.